The van der Waals surface area contributed by atoms with Gasteiger partial charge in [-0.05, 0) is 112 Å². The number of rotatable bonds is 12. The lowest BCUT2D eigenvalue weighted by Gasteiger charge is -2.35. The molecule has 4 fully saturated rings. The number of carboxylic acid groups (broad SMARTS) is 1. The second kappa shape index (κ2) is 34.5. The first-order valence-corrected chi connectivity index (χ1v) is 35.3. The number of aliphatic carboxylic acids is 1. The van der Waals surface area contributed by atoms with Gasteiger partial charge < -0.3 is 75.1 Å². The molecule has 12 atom stereocenters. The molecule has 2 aromatic rings. The van der Waals surface area contributed by atoms with Gasteiger partial charge in [-0.15, -0.1) is 0 Å². The van der Waals surface area contributed by atoms with Gasteiger partial charge in [-0.25, -0.2) is 19.4 Å². The van der Waals surface area contributed by atoms with Crippen LogP contribution in [-0.2, 0) is 62.2 Å². The van der Waals surface area contributed by atoms with Crippen LogP contribution in [0, 0.1) is 61.2 Å². The summed E-state index contributed by atoms with van der Waals surface area (Å²) in [4.78, 5) is 207. The average Bonchev–Trinajstić information content (AvgIpc) is 0.758. The monoisotopic (exact) mass is 1460 g/mol. The maximum Gasteiger partial charge on any atom is 0.329 e. The van der Waals surface area contributed by atoms with Crippen LogP contribution in [0.4, 0.5) is 5.69 Å². The van der Waals surface area contributed by atoms with E-state index in [-0.39, 0.29) is 33.7 Å². The van der Waals surface area contributed by atoms with Gasteiger partial charge in [0.1, 0.15) is 47.6 Å². The number of ketones is 2. The Morgan fingerprint density at radius 1 is 0.629 bits per heavy atom. The van der Waals surface area contributed by atoms with Crippen molar-refractivity contribution in [2.24, 2.45) is 47.3 Å². The van der Waals surface area contributed by atoms with Gasteiger partial charge >= 0.3 is 17.9 Å². The topological polar surface area (TPSA) is 409 Å². The normalized spacial score (nSPS) is 25.3. The fourth-order valence-corrected chi connectivity index (χ4v) is 14.3. The van der Waals surface area contributed by atoms with Crippen LogP contribution < -0.4 is 41.9 Å². The number of likely N-dealkylation sites (N-methyl/N-ethyl adjacent to an activating group) is 4. The number of hydrogen-bond donors (Lipinski definition) is 6. The van der Waals surface area contributed by atoms with Crippen molar-refractivity contribution in [1.82, 2.24) is 45.9 Å². The molecular weight excluding hydrogens is 1360 g/mol. The Morgan fingerprint density at radius 2 is 1.08 bits per heavy atom. The number of nitrogens with two attached hydrogens (primary N) is 1. The first-order valence-electron chi connectivity index (χ1n) is 35.3. The number of aryl methyl sites for hydroxylation is 1. The third-order valence-corrected chi connectivity index (χ3v) is 20.2. The summed E-state index contributed by atoms with van der Waals surface area (Å²) in [5.41, 5.74) is 4.41. The van der Waals surface area contributed by atoms with E-state index in [0.29, 0.717) is 55.6 Å². The molecule has 8 amide bonds. The van der Waals surface area contributed by atoms with Gasteiger partial charge in [0.05, 0.1) is 56.2 Å². The maximum absolute atomic E-state index is 15.2. The number of Topliss-reactive ketones (excluding diaryl/α,β-unsaturated/α-hetero) is 2. The molecule has 0 bridgehead atoms. The Labute approximate surface area is 609 Å². The Hall–Kier alpha value is -10.3. The fraction of sp³-hybridized carbons (Fsp3) is 0.560. The van der Waals surface area contributed by atoms with Gasteiger partial charge in [-0.1, -0.05) is 80.4 Å². The molecule has 570 valence electrons. The molecule has 105 heavy (non-hydrogen) atoms. The zero-order valence-corrected chi connectivity index (χ0v) is 63.0. The number of aromatic nitrogens is 1. The van der Waals surface area contributed by atoms with Crippen LogP contribution in [0.2, 0.25) is 0 Å². The quantitative estimate of drug-likeness (QED) is 0.0491. The van der Waals surface area contributed by atoms with E-state index < -0.39 is 202 Å². The number of methoxy groups -OCH3 is 2. The highest BCUT2D eigenvalue weighted by atomic mass is 16.6. The van der Waals surface area contributed by atoms with Crippen molar-refractivity contribution < 1.29 is 90.8 Å². The van der Waals surface area contributed by atoms with Crippen molar-refractivity contribution in [3.05, 3.63) is 74.4 Å². The number of nitrogen functional groups attached to an aromatic ring is 1. The Kier molecular flexibility index (Phi) is 27.0. The Bertz CT molecular complexity index is 4110. The molecule has 3 heterocycles. The predicted molar refractivity (Wildman–Crippen MR) is 384 cm³/mol. The zero-order valence-electron chi connectivity index (χ0n) is 63.0. The number of nitrogens with zero attached hydrogens (tertiary/aromatic N) is 5. The number of cyclic esters (lactones) is 2. The predicted octanol–water partition coefficient (Wildman–Crippen LogP) is 4.52. The number of fused-ring (bicyclic) bond motifs is 4. The SMILES string of the molecule is COc1ccc(C=CC(=O)O)cc1OC.Cc1c2oc3c(C)ccc(C(=O)NC4C(=O)NC(C(C)C)C(=O)C5CCCC5C(=O)N(C)CC(=O)N(C)C(C(C)C)C(=O)OC4C)c3nc-2c(C(=O)NC2C(=O)NC(C(C)C)C(=O)C3CCCC3C(=O)N(C)CC(=O)N(C)C(C(C)C)C(=O)OC2C)c(N)c1=O. The minimum atomic E-state index is -1.86. The highest BCUT2D eigenvalue weighted by Crippen LogP contribution is 2.39. The number of carbonyl (C=O) groups is 13. The van der Waals surface area contributed by atoms with E-state index >= 15 is 9.59 Å². The van der Waals surface area contributed by atoms with Crippen LogP contribution in [0.25, 0.3) is 28.6 Å². The summed E-state index contributed by atoms with van der Waals surface area (Å²) in [6, 6.07) is -0.535. The van der Waals surface area contributed by atoms with Crippen LogP contribution in [0.3, 0.4) is 0 Å². The molecule has 2 aromatic carbocycles. The lowest BCUT2D eigenvalue weighted by molar-refractivity contribution is -0.163. The molecule has 8 rings (SSSR count). The molecule has 2 saturated carbocycles. The summed E-state index contributed by atoms with van der Waals surface area (Å²) in [6.45, 7) is 18.3. The van der Waals surface area contributed by atoms with Gasteiger partial charge in [0.15, 0.2) is 34.4 Å². The molecule has 30 heteroatoms. The van der Waals surface area contributed by atoms with Crippen molar-refractivity contribution in [3.8, 4) is 23.0 Å². The number of carboxylic acids is 1. The molecular formula is C75H100N10O20. The molecule has 2 saturated heterocycles. The standard InChI is InChI=1S/C64H88N10O16.C11H12O4/c1-27(2)44-53(78)35-19-17-21-37(35)61(84)71(13)25-40(75)73(15)50(29(5)6)63(86)88-33(11)46(59(82)67-44)69-57(80)39-24-23-31(9)55-48(39)66-49-42(43(65)52(77)32(10)56(49)90-55)58(81)70-47-34(12)89-64(87)51(30(7)8)74(16)41(76)26-72(14)62(85)38-22-18-20-36(38)54(79)45(28(3)4)68-60(47)83;1-14-9-5-3-8(4-6-11(12)13)7-10(9)15-2/h23-24,27-30,33-38,44-47,50-51H,17-22,25-26,65H2,1-16H3,(H,67,82)(H,68,83)(H,69,80)(H,70,81);3-7H,1-2H3,(H,12,13). The Balaban J connectivity index is 0.000000911. The van der Waals surface area contributed by atoms with E-state index in [2.05, 4.69) is 21.3 Å². The van der Waals surface area contributed by atoms with Crippen LogP contribution in [-0.4, -0.2) is 210 Å². The van der Waals surface area contributed by atoms with Crippen LogP contribution >= 0.6 is 0 Å². The lowest BCUT2D eigenvalue weighted by Crippen LogP contribution is -2.59. The summed E-state index contributed by atoms with van der Waals surface area (Å²) >= 11 is 0. The van der Waals surface area contributed by atoms with Gasteiger partial charge in [0.2, 0.25) is 40.9 Å². The number of hydrogen-bond acceptors (Lipinski definition) is 21. The first-order chi connectivity index (χ1) is 49.3. The van der Waals surface area contributed by atoms with Gasteiger partial charge in [0, 0.05) is 63.5 Å². The number of esters is 2. The minimum absolute atomic E-state index is 0.0668. The smallest absolute Gasteiger partial charge is 0.329 e. The highest BCUT2D eigenvalue weighted by molar-refractivity contribution is 6.11. The molecule has 0 spiro atoms. The number of anilines is 1. The summed E-state index contributed by atoms with van der Waals surface area (Å²) in [5.74, 6) is -14.7. The van der Waals surface area contributed by atoms with Gasteiger partial charge in [0.25, 0.3) is 11.8 Å². The zero-order chi connectivity index (χ0) is 78.2. The number of carbonyl (C=O) groups excluding carboxylic acids is 12. The molecule has 3 aliphatic heterocycles. The van der Waals surface area contributed by atoms with Crippen molar-refractivity contribution in [1.29, 1.82) is 0 Å². The van der Waals surface area contributed by atoms with Crippen LogP contribution in [0.1, 0.15) is 145 Å². The van der Waals surface area contributed by atoms with Crippen molar-refractivity contribution in [3.63, 3.8) is 0 Å². The summed E-state index contributed by atoms with van der Waals surface area (Å²) in [7, 11) is 8.74. The van der Waals surface area contributed by atoms with Gasteiger partial charge in [-0.2, -0.15) is 0 Å². The van der Waals surface area contributed by atoms with Crippen molar-refractivity contribution in [2.45, 2.75) is 170 Å². The van der Waals surface area contributed by atoms with Crippen molar-refractivity contribution >= 4 is 99.6 Å². The molecule has 0 aromatic heterocycles. The minimum Gasteiger partial charge on any atom is -0.493 e. The molecule has 6 aliphatic rings. The molecule has 7 N–H and O–H groups in total. The number of nitrogens with one attached hydrogen (secondary N) is 4. The molecule has 30 nitrogen and oxygen atoms in total. The number of ether oxygens (including phenoxy) is 4. The summed E-state index contributed by atoms with van der Waals surface area (Å²) in [5, 5.41) is 19.3. The van der Waals surface area contributed by atoms with Crippen molar-refractivity contribution in [2.75, 3.05) is 61.2 Å². The average molecular weight is 1460 g/mol. The third kappa shape index (κ3) is 18.1. The number of amides is 8. The largest absolute Gasteiger partial charge is 0.493 e. The van der Waals surface area contributed by atoms with E-state index in [4.69, 9.17) is 39.2 Å². The van der Waals surface area contributed by atoms with Crippen LogP contribution in [0.15, 0.2) is 45.6 Å². The molecule has 3 aliphatic carbocycles. The third-order valence-electron chi connectivity index (χ3n) is 20.2. The Morgan fingerprint density at radius 3 is 1.50 bits per heavy atom. The van der Waals surface area contributed by atoms with E-state index in [0.717, 1.165) is 21.4 Å². The lowest BCUT2D eigenvalue weighted by atomic mass is 9.83. The molecule has 12 unspecified atom stereocenters. The second-order valence-corrected chi connectivity index (χ2v) is 29.0. The maximum atomic E-state index is 15.2. The molecule has 0 radical (unpaired) electrons. The first kappa shape index (κ1) is 82.0. The van der Waals surface area contributed by atoms with E-state index in [1.165, 1.54) is 84.1 Å². The summed E-state index contributed by atoms with van der Waals surface area (Å²) < 4.78 is 28.5. The number of benzene rings is 3. The summed E-state index contributed by atoms with van der Waals surface area (Å²) in [6.07, 6.45) is 1.91. The van der Waals surface area contributed by atoms with E-state index in [9.17, 15) is 57.5 Å². The fourth-order valence-electron chi connectivity index (χ4n) is 14.3. The highest BCUT2D eigenvalue weighted by Gasteiger charge is 2.48. The second-order valence-electron chi connectivity index (χ2n) is 29.0. The van der Waals surface area contributed by atoms with E-state index in [1.54, 1.807) is 87.6 Å². The van der Waals surface area contributed by atoms with Gasteiger partial charge in [-0.3, -0.25) is 52.7 Å². The van der Waals surface area contributed by atoms with E-state index in [1.807, 2.05) is 0 Å². The van der Waals surface area contributed by atoms with Crippen LogP contribution in [0.5, 0.6) is 11.5 Å².